The number of allylic oxidation sites excluding steroid dienone is 1. The van der Waals surface area contributed by atoms with Gasteiger partial charge >= 0.3 is 0 Å². The highest BCUT2D eigenvalue weighted by Gasteiger charge is 2.48. The molecule has 3 rings (SSSR count). The van der Waals surface area contributed by atoms with Crippen molar-refractivity contribution < 1.29 is 8.78 Å². The molecule has 180 valence electrons. The third-order valence-corrected chi connectivity index (χ3v) is 8.25. The summed E-state index contributed by atoms with van der Waals surface area (Å²) in [6.45, 7) is 4.36. The SMILES string of the molecule is CCCCCc1ccc(/C=C/CCC2CCC(C3CCC(CCC)CC3(F)F)CC2)cc1. The van der Waals surface area contributed by atoms with Crippen molar-refractivity contribution in [3.63, 3.8) is 0 Å². The molecule has 2 fully saturated rings. The summed E-state index contributed by atoms with van der Waals surface area (Å²) in [7, 11) is 0. The Bertz CT molecular complexity index is 667. The van der Waals surface area contributed by atoms with Crippen LogP contribution in [0.1, 0.15) is 115 Å². The molecule has 0 heterocycles. The van der Waals surface area contributed by atoms with E-state index in [1.165, 1.54) is 43.2 Å². The molecule has 32 heavy (non-hydrogen) atoms. The summed E-state index contributed by atoms with van der Waals surface area (Å²) < 4.78 is 29.7. The number of hydrogen-bond donors (Lipinski definition) is 0. The lowest BCUT2D eigenvalue weighted by Crippen LogP contribution is -2.41. The van der Waals surface area contributed by atoms with Gasteiger partial charge in [0.2, 0.25) is 0 Å². The predicted octanol–water partition coefficient (Wildman–Crippen LogP) is 9.87. The quantitative estimate of drug-likeness (QED) is 0.298. The molecule has 2 atom stereocenters. The number of benzene rings is 1. The summed E-state index contributed by atoms with van der Waals surface area (Å²) in [6.07, 6.45) is 20.2. The van der Waals surface area contributed by atoms with Gasteiger partial charge in [-0.3, -0.25) is 0 Å². The van der Waals surface area contributed by atoms with Crippen LogP contribution in [0.5, 0.6) is 0 Å². The van der Waals surface area contributed by atoms with E-state index in [-0.39, 0.29) is 24.2 Å². The van der Waals surface area contributed by atoms with E-state index in [9.17, 15) is 8.78 Å². The van der Waals surface area contributed by atoms with Crippen LogP contribution < -0.4 is 0 Å². The minimum Gasteiger partial charge on any atom is -0.207 e. The monoisotopic (exact) mass is 444 g/mol. The molecule has 2 heteroatoms. The molecule has 0 spiro atoms. The van der Waals surface area contributed by atoms with Gasteiger partial charge in [0.15, 0.2) is 0 Å². The number of aryl methyl sites for hydroxylation is 1. The minimum atomic E-state index is -2.43. The third-order valence-electron chi connectivity index (χ3n) is 8.25. The molecular formula is C30H46F2. The molecule has 0 aromatic heterocycles. The van der Waals surface area contributed by atoms with E-state index in [0.29, 0.717) is 0 Å². The van der Waals surface area contributed by atoms with Crippen molar-refractivity contribution in [3.8, 4) is 0 Å². The Morgan fingerprint density at radius 3 is 2.22 bits per heavy atom. The van der Waals surface area contributed by atoms with Gasteiger partial charge in [-0.2, -0.15) is 0 Å². The first-order valence-corrected chi connectivity index (χ1v) is 13.6. The second kappa shape index (κ2) is 12.9. The average molecular weight is 445 g/mol. The minimum absolute atomic E-state index is 0.149. The summed E-state index contributed by atoms with van der Waals surface area (Å²) in [5, 5.41) is 0. The fraction of sp³-hybridized carbons (Fsp3) is 0.733. The van der Waals surface area contributed by atoms with Crippen molar-refractivity contribution in [3.05, 3.63) is 41.5 Å². The summed E-state index contributed by atoms with van der Waals surface area (Å²) in [4.78, 5) is 0. The van der Waals surface area contributed by atoms with Gasteiger partial charge in [0.05, 0.1) is 0 Å². The van der Waals surface area contributed by atoms with Gasteiger partial charge in [0.1, 0.15) is 0 Å². The summed E-state index contributed by atoms with van der Waals surface area (Å²) in [6, 6.07) is 9.00. The van der Waals surface area contributed by atoms with Gasteiger partial charge in [-0.1, -0.05) is 88.8 Å². The smallest absolute Gasteiger partial charge is 0.207 e. The van der Waals surface area contributed by atoms with Crippen LogP contribution in [0.4, 0.5) is 8.78 Å². The second-order valence-corrected chi connectivity index (χ2v) is 10.8. The standard InChI is InChI=1S/C30H46F2/c1-3-5-6-10-24-13-15-25(16-14-24)11-7-8-12-26-17-20-28(21-18-26)29-22-19-27(9-4-2)23-30(29,31)32/h7,11,13-16,26-29H,3-6,8-10,12,17-23H2,1-2H3/b11-7+. The lowest BCUT2D eigenvalue weighted by molar-refractivity contribution is -0.128. The van der Waals surface area contributed by atoms with Crippen molar-refractivity contribution in [1.82, 2.24) is 0 Å². The fourth-order valence-corrected chi connectivity index (χ4v) is 6.31. The first-order chi connectivity index (χ1) is 15.5. The largest absolute Gasteiger partial charge is 0.251 e. The Morgan fingerprint density at radius 1 is 0.844 bits per heavy atom. The molecule has 0 nitrogen and oxygen atoms in total. The van der Waals surface area contributed by atoms with E-state index < -0.39 is 5.92 Å². The molecular weight excluding hydrogens is 398 g/mol. The number of hydrogen-bond acceptors (Lipinski definition) is 0. The molecule has 1 aromatic rings. The van der Waals surface area contributed by atoms with Gasteiger partial charge in [-0.05, 0) is 80.2 Å². The molecule has 0 bridgehead atoms. The number of rotatable bonds is 11. The molecule has 0 N–H and O–H groups in total. The topological polar surface area (TPSA) is 0 Å². The van der Waals surface area contributed by atoms with Crippen LogP contribution in [-0.2, 0) is 6.42 Å². The Labute approximate surface area is 196 Å². The Morgan fingerprint density at radius 2 is 1.56 bits per heavy atom. The zero-order valence-electron chi connectivity index (χ0n) is 20.6. The fourth-order valence-electron chi connectivity index (χ4n) is 6.31. The highest BCUT2D eigenvalue weighted by atomic mass is 19.3. The maximum Gasteiger partial charge on any atom is 0.251 e. The molecule has 0 saturated heterocycles. The van der Waals surface area contributed by atoms with E-state index in [2.05, 4.69) is 50.3 Å². The summed E-state index contributed by atoms with van der Waals surface area (Å²) in [5.41, 5.74) is 2.73. The first-order valence-electron chi connectivity index (χ1n) is 13.6. The van der Waals surface area contributed by atoms with Crippen molar-refractivity contribution in [1.29, 1.82) is 0 Å². The van der Waals surface area contributed by atoms with E-state index in [4.69, 9.17) is 0 Å². The third kappa shape index (κ3) is 7.70. The van der Waals surface area contributed by atoms with Crippen LogP contribution in [0, 0.1) is 23.7 Å². The van der Waals surface area contributed by atoms with Crippen LogP contribution in [-0.4, -0.2) is 5.92 Å². The molecule has 2 aliphatic carbocycles. The summed E-state index contributed by atoms with van der Waals surface area (Å²) >= 11 is 0. The average Bonchev–Trinajstić information content (AvgIpc) is 2.78. The number of unbranched alkanes of at least 4 members (excludes halogenated alkanes) is 2. The van der Waals surface area contributed by atoms with Crippen LogP contribution >= 0.6 is 0 Å². The summed E-state index contributed by atoms with van der Waals surface area (Å²) in [5.74, 6) is -1.53. The van der Waals surface area contributed by atoms with Gasteiger partial charge in [0, 0.05) is 12.3 Å². The van der Waals surface area contributed by atoms with Gasteiger partial charge in [-0.15, -0.1) is 0 Å². The van der Waals surface area contributed by atoms with Crippen molar-refractivity contribution in [2.24, 2.45) is 23.7 Å². The molecule has 1 aromatic carbocycles. The van der Waals surface area contributed by atoms with Gasteiger partial charge in [-0.25, -0.2) is 8.78 Å². The van der Waals surface area contributed by atoms with Crippen molar-refractivity contribution in [2.45, 2.75) is 116 Å². The predicted molar refractivity (Wildman–Crippen MR) is 134 cm³/mol. The van der Waals surface area contributed by atoms with E-state index >= 15 is 0 Å². The lowest BCUT2D eigenvalue weighted by Gasteiger charge is -2.42. The molecule has 2 saturated carbocycles. The van der Waals surface area contributed by atoms with E-state index in [1.807, 2.05) is 0 Å². The molecule has 0 amide bonds. The first kappa shape index (κ1) is 25.4. The highest BCUT2D eigenvalue weighted by molar-refractivity contribution is 5.49. The van der Waals surface area contributed by atoms with Crippen molar-refractivity contribution in [2.75, 3.05) is 0 Å². The number of halogens is 2. The number of alkyl halides is 2. The zero-order valence-corrected chi connectivity index (χ0v) is 20.6. The normalized spacial score (nSPS) is 28.2. The van der Waals surface area contributed by atoms with Crippen LogP contribution in [0.3, 0.4) is 0 Å². The molecule has 2 unspecified atom stereocenters. The Balaban J connectivity index is 1.35. The van der Waals surface area contributed by atoms with E-state index in [0.717, 1.165) is 63.7 Å². The van der Waals surface area contributed by atoms with Gasteiger partial charge < -0.3 is 0 Å². The maximum atomic E-state index is 14.8. The van der Waals surface area contributed by atoms with Crippen LogP contribution in [0.2, 0.25) is 0 Å². The second-order valence-electron chi connectivity index (χ2n) is 10.8. The Hall–Kier alpha value is -1.18. The van der Waals surface area contributed by atoms with Crippen molar-refractivity contribution >= 4 is 6.08 Å². The molecule has 2 aliphatic rings. The van der Waals surface area contributed by atoms with Crippen LogP contribution in [0.25, 0.3) is 6.08 Å². The zero-order chi connectivity index (χ0) is 22.8. The lowest BCUT2D eigenvalue weighted by atomic mass is 9.66. The van der Waals surface area contributed by atoms with Crippen LogP contribution in [0.15, 0.2) is 30.3 Å². The molecule has 0 radical (unpaired) electrons. The maximum absolute atomic E-state index is 14.8. The molecule has 0 aliphatic heterocycles. The van der Waals surface area contributed by atoms with E-state index in [1.54, 1.807) is 0 Å². The van der Waals surface area contributed by atoms with Gasteiger partial charge in [0.25, 0.3) is 5.92 Å². The highest BCUT2D eigenvalue weighted by Crippen LogP contribution is 2.50. The Kier molecular flexibility index (Phi) is 10.3.